The third-order valence-corrected chi connectivity index (χ3v) is 3.90. The number of carbonyl (C=O) groups excluding carboxylic acids is 1. The van der Waals surface area contributed by atoms with Gasteiger partial charge in [-0.2, -0.15) is 5.26 Å². The standard InChI is InChI=1S/C16H20N2O3/c17-10-13(9-14-6-4-8-21-14)16(20)18-15-7-3-1-2-5-12(15)11-19/h4,6,8-9,12,15,19H,1-3,5,7,11H2,(H,18,20)/b13-9+. The topological polar surface area (TPSA) is 86.3 Å². The number of hydrogen-bond donors (Lipinski definition) is 2. The normalized spacial score (nSPS) is 23.1. The lowest BCUT2D eigenvalue weighted by atomic mass is 9.95. The minimum Gasteiger partial charge on any atom is -0.465 e. The van der Waals surface area contributed by atoms with Gasteiger partial charge in [0.15, 0.2) is 0 Å². The van der Waals surface area contributed by atoms with Crippen LogP contribution in [0.3, 0.4) is 0 Å². The van der Waals surface area contributed by atoms with Crippen LogP contribution in [0.5, 0.6) is 0 Å². The maximum absolute atomic E-state index is 12.2. The van der Waals surface area contributed by atoms with E-state index in [9.17, 15) is 9.90 Å². The molecule has 5 heteroatoms. The van der Waals surface area contributed by atoms with Crippen molar-refractivity contribution in [3.05, 3.63) is 29.7 Å². The first-order valence-electron chi connectivity index (χ1n) is 7.31. The summed E-state index contributed by atoms with van der Waals surface area (Å²) in [5.74, 6) is 0.139. The zero-order chi connectivity index (χ0) is 15.1. The van der Waals surface area contributed by atoms with Gasteiger partial charge in [-0.25, -0.2) is 0 Å². The fourth-order valence-electron chi connectivity index (χ4n) is 2.70. The number of aliphatic hydroxyl groups is 1. The van der Waals surface area contributed by atoms with E-state index in [0.717, 1.165) is 32.1 Å². The van der Waals surface area contributed by atoms with Gasteiger partial charge in [-0.3, -0.25) is 4.79 Å². The fraction of sp³-hybridized carbons (Fsp3) is 0.500. The molecule has 0 saturated heterocycles. The third-order valence-electron chi connectivity index (χ3n) is 3.90. The number of rotatable bonds is 4. The van der Waals surface area contributed by atoms with Crippen LogP contribution in [-0.2, 0) is 4.79 Å². The molecular formula is C16H20N2O3. The Morgan fingerprint density at radius 1 is 1.48 bits per heavy atom. The van der Waals surface area contributed by atoms with Crippen molar-refractivity contribution in [2.24, 2.45) is 5.92 Å². The van der Waals surface area contributed by atoms with E-state index in [-0.39, 0.29) is 24.1 Å². The zero-order valence-electron chi connectivity index (χ0n) is 11.9. The van der Waals surface area contributed by atoms with Gasteiger partial charge >= 0.3 is 0 Å². The molecular weight excluding hydrogens is 268 g/mol. The van der Waals surface area contributed by atoms with E-state index < -0.39 is 5.91 Å². The summed E-state index contributed by atoms with van der Waals surface area (Å²) in [6.07, 6.45) is 7.90. The Hall–Kier alpha value is -2.06. The first kappa shape index (κ1) is 15.3. The quantitative estimate of drug-likeness (QED) is 0.505. The van der Waals surface area contributed by atoms with Crippen LogP contribution >= 0.6 is 0 Å². The molecule has 2 rings (SSSR count). The van der Waals surface area contributed by atoms with Gasteiger partial charge in [-0.1, -0.05) is 19.3 Å². The molecule has 1 aromatic rings. The molecule has 1 aromatic heterocycles. The molecule has 1 saturated carbocycles. The summed E-state index contributed by atoms with van der Waals surface area (Å²) in [6.45, 7) is 0.0642. The van der Waals surface area contributed by atoms with E-state index >= 15 is 0 Å². The van der Waals surface area contributed by atoms with Crippen LogP contribution in [0, 0.1) is 17.2 Å². The van der Waals surface area contributed by atoms with E-state index in [4.69, 9.17) is 9.68 Å². The van der Waals surface area contributed by atoms with Gasteiger partial charge in [-0.05, 0) is 25.0 Å². The Kier molecular flexibility index (Phi) is 5.59. The van der Waals surface area contributed by atoms with Crippen molar-refractivity contribution in [1.29, 1.82) is 5.26 Å². The molecule has 0 spiro atoms. The molecule has 0 aromatic carbocycles. The summed E-state index contributed by atoms with van der Waals surface area (Å²) in [7, 11) is 0. The Morgan fingerprint density at radius 2 is 2.29 bits per heavy atom. The number of furan rings is 1. The van der Waals surface area contributed by atoms with Crippen molar-refractivity contribution in [2.75, 3.05) is 6.61 Å². The smallest absolute Gasteiger partial charge is 0.262 e. The largest absolute Gasteiger partial charge is 0.465 e. The molecule has 2 atom stereocenters. The SMILES string of the molecule is N#C/C(=C\c1ccco1)C(=O)NC1CCCCCC1CO. The average molecular weight is 288 g/mol. The van der Waals surface area contributed by atoms with E-state index in [0.29, 0.717) is 5.76 Å². The second-order valence-corrected chi connectivity index (χ2v) is 5.35. The molecule has 1 aliphatic carbocycles. The highest BCUT2D eigenvalue weighted by atomic mass is 16.3. The number of nitrogens with zero attached hydrogens (tertiary/aromatic N) is 1. The highest BCUT2D eigenvalue weighted by Gasteiger charge is 2.25. The Labute approximate surface area is 124 Å². The molecule has 2 unspecified atom stereocenters. The summed E-state index contributed by atoms with van der Waals surface area (Å²) in [6, 6.07) is 5.22. The van der Waals surface area contributed by atoms with Gasteiger partial charge < -0.3 is 14.8 Å². The Bertz CT molecular complexity index is 528. The molecule has 1 heterocycles. The van der Waals surface area contributed by atoms with Crippen molar-refractivity contribution in [2.45, 2.75) is 38.1 Å². The summed E-state index contributed by atoms with van der Waals surface area (Å²) in [5.41, 5.74) is 0.0193. The Balaban J connectivity index is 2.06. The monoisotopic (exact) mass is 288 g/mol. The van der Waals surface area contributed by atoms with Gasteiger partial charge in [-0.15, -0.1) is 0 Å². The fourth-order valence-corrected chi connectivity index (χ4v) is 2.70. The van der Waals surface area contributed by atoms with Crippen molar-refractivity contribution in [3.8, 4) is 6.07 Å². The summed E-state index contributed by atoms with van der Waals surface area (Å²) in [4.78, 5) is 12.2. The number of aliphatic hydroxyl groups excluding tert-OH is 1. The van der Waals surface area contributed by atoms with E-state index in [1.165, 1.54) is 12.3 Å². The second kappa shape index (κ2) is 7.65. The number of amides is 1. The van der Waals surface area contributed by atoms with Crippen molar-refractivity contribution in [3.63, 3.8) is 0 Å². The predicted octanol–water partition coefficient (Wildman–Crippen LogP) is 2.24. The van der Waals surface area contributed by atoms with Crippen molar-refractivity contribution in [1.82, 2.24) is 5.32 Å². The molecule has 1 fully saturated rings. The molecule has 1 amide bonds. The number of nitrogens with one attached hydrogen (secondary N) is 1. The van der Waals surface area contributed by atoms with Crippen molar-refractivity contribution < 1.29 is 14.3 Å². The summed E-state index contributed by atoms with van der Waals surface area (Å²) >= 11 is 0. The number of nitriles is 1. The zero-order valence-corrected chi connectivity index (χ0v) is 11.9. The highest BCUT2D eigenvalue weighted by molar-refractivity contribution is 6.01. The van der Waals surface area contributed by atoms with Crippen LogP contribution in [0.4, 0.5) is 0 Å². The Morgan fingerprint density at radius 3 is 2.95 bits per heavy atom. The third kappa shape index (κ3) is 4.20. The maximum atomic E-state index is 12.2. The molecule has 1 aliphatic rings. The first-order chi connectivity index (χ1) is 10.2. The first-order valence-corrected chi connectivity index (χ1v) is 7.31. The highest BCUT2D eigenvalue weighted by Crippen LogP contribution is 2.23. The average Bonchev–Trinajstić information content (AvgIpc) is 2.90. The van der Waals surface area contributed by atoms with Crippen LogP contribution in [0.25, 0.3) is 6.08 Å². The van der Waals surface area contributed by atoms with Crippen molar-refractivity contribution >= 4 is 12.0 Å². The molecule has 21 heavy (non-hydrogen) atoms. The predicted molar refractivity (Wildman–Crippen MR) is 77.9 cm³/mol. The van der Waals surface area contributed by atoms with Gasteiger partial charge in [0, 0.05) is 24.6 Å². The lowest BCUT2D eigenvalue weighted by Crippen LogP contribution is -2.41. The van der Waals surface area contributed by atoms with E-state index in [2.05, 4.69) is 5.32 Å². The molecule has 0 bridgehead atoms. The van der Waals surface area contributed by atoms with Gasteiger partial charge in [0.25, 0.3) is 5.91 Å². The van der Waals surface area contributed by atoms with Crippen LogP contribution in [0.15, 0.2) is 28.4 Å². The lowest BCUT2D eigenvalue weighted by molar-refractivity contribution is -0.118. The van der Waals surface area contributed by atoms with Crippen LogP contribution in [0.2, 0.25) is 0 Å². The van der Waals surface area contributed by atoms with E-state index in [1.807, 2.05) is 6.07 Å². The minimum atomic E-state index is -0.403. The van der Waals surface area contributed by atoms with Gasteiger partial charge in [0.2, 0.25) is 0 Å². The lowest BCUT2D eigenvalue weighted by Gasteiger charge is -2.24. The van der Waals surface area contributed by atoms with E-state index in [1.54, 1.807) is 12.1 Å². The molecule has 0 aliphatic heterocycles. The molecule has 0 radical (unpaired) electrons. The maximum Gasteiger partial charge on any atom is 0.262 e. The summed E-state index contributed by atoms with van der Waals surface area (Å²) < 4.78 is 5.12. The molecule has 112 valence electrons. The number of carbonyl (C=O) groups is 1. The van der Waals surface area contributed by atoms with Gasteiger partial charge in [0.05, 0.1) is 6.26 Å². The summed E-state index contributed by atoms with van der Waals surface area (Å²) in [5, 5.41) is 21.5. The second-order valence-electron chi connectivity index (χ2n) is 5.35. The number of hydrogen-bond acceptors (Lipinski definition) is 4. The minimum absolute atomic E-state index is 0.0193. The molecule has 5 nitrogen and oxygen atoms in total. The van der Waals surface area contributed by atoms with Crippen LogP contribution < -0.4 is 5.32 Å². The van der Waals surface area contributed by atoms with Crippen LogP contribution in [-0.4, -0.2) is 23.7 Å². The van der Waals surface area contributed by atoms with Crippen LogP contribution in [0.1, 0.15) is 37.9 Å². The molecule has 2 N–H and O–H groups in total. The van der Waals surface area contributed by atoms with Gasteiger partial charge in [0.1, 0.15) is 17.4 Å².